The summed E-state index contributed by atoms with van der Waals surface area (Å²) in [5, 5.41) is 12.1. The van der Waals surface area contributed by atoms with E-state index in [9.17, 15) is 9.59 Å². The van der Waals surface area contributed by atoms with E-state index in [1.54, 1.807) is 19.2 Å². The van der Waals surface area contributed by atoms with Gasteiger partial charge in [0.05, 0.1) is 22.7 Å². The van der Waals surface area contributed by atoms with Crippen molar-refractivity contribution in [2.75, 3.05) is 17.2 Å². The van der Waals surface area contributed by atoms with E-state index in [2.05, 4.69) is 4.98 Å². The van der Waals surface area contributed by atoms with Gasteiger partial charge in [-0.2, -0.15) is 5.26 Å². The maximum Gasteiger partial charge on any atom is 0.261 e. The Morgan fingerprint density at radius 2 is 1.77 bits per heavy atom. The van der Waals surface area contributed by atoms with Gasteiger partial charge < -0.3 is 0 Å². The highest BCUT2D eigenvalue weighted by atomic mass is 32.2. The van der Waals surface area contributed by atoms with E-state index < -0.39 is 0 Å². The van der Waals surface area contributed by atoms with Crippen LogP contribution < -0.4 is 10.5 Å². The topological polar surface area (TPSA) is 79.0 Å². The van der Waals surface area contributed by atoms with E-state index in [4.69, 9.17) is 5.26 Å². The van der Waals surface area contributed by atoms with Crippen LogP contribution in [0, 0.1) is 11.3 Å². The molecule has 0 aliphatic heterocycles. The van der Waals surface area contributed by atoms with Crippen molar-refractivity contribution < 1.29 is 4.79 Å². The van der Waals surface area contributed by atoms with E-state index >= 15 is 0 Å². The highest BCUT2D eigenvalue weighted by molar-refractivity contribution is 7.99. The molecule has 0 saturated carbocycles. The van der Waals surface area contributed by atoms with E-state index in [0.29, 0.717) is 21.7 Å². The fourth-order valence-electron chi connectivity index (χ4n) is 3.27. The first-order valence-corrected chi connectivity index (χ1v) is 10.3. The first kappa shape index (κ1) is 19.7. The molecule has 0 fully saturated rings. The number of para-hydroxylation sites is 1. The maximum atomic E-state index is 12.9. The van der Waals surface area contributed by atoms with Crippen molar-refractivity contribution in [3.8, 4) is 6.07 Å². The molecule has 0 saturated heterocycles. The van der Waals surface area contributed by atoms with Crippen molar-refractivity contribution in [2.45, 2.75) is 5.16 Å². The standard InChI is InChI=1S/C23H18N4O2S/c1-26-22(29)19-13-16-7-5-6-8-17(16)14-20(19)25-23(26)30-15-21(28)27(12-11-24)18-9-3-2-4-10-18/h2-10,13-14H,12,15H2,1H3. The Balaban J connectivity index is 1.64. The molecule has 4 aromatic rings. The van der Waals surface area contributed by atoms with Gasteiger partial charge in [0.25, 0.3) is 5.56 Å². The fraction of sp³-hybridized carbons (Fsp3) is 0.130. The molecule has 1 amide bonds. The second-order valence-electron chi connectivity index (χ2n) is 6.74. The zero-order valence-electron chi connectivity index (χ0n) is 16.3. The number of carbonyl (C=O) groups excluding carboxylic acids is 1. The third-order valence-corrected chi connectivity index (χ3v) is 5.84. The number of aromatic nitrogens is 2. The van der Waals surface area contributed by atoms with Crippen LogP contribution in [0.15, 0.2) is 76.7 Å². The number of hydrogen-bond acceptors (Lipinski definition) is 5. The molecular weight excluding hydrogens is 396 g/mol. The van der Waals surface area contributed by atoms with Gasteiger partial charge in [-0.05, 0) is 35.0 Å². The normalized spacial score (nSPS) is 10.8. The number of thioether (sulfide) groups is 1. The molecule has 0 radical (unpaired) electrons. The molecule has 0 unspecified atom stereocenters. The minimum absolute atomic E-state index is 0.0422. The van der Waals surface area contributed by atoms with E-state index in [1.807, 2.05) is 60.7 Å². The Hall–Kier alpha value is -3.63. The fourth-order valence-corrected chi connectivity index (χ4v) is 4.12. The summed E-state index contributed by atoms with van der Waals surface area (Å²) in [4.78, 5) is 31.7. The molecule has 148 valence electrons. The van der Waals surface area contributed by atoms with Crippen LogP contribution in [-0.4, -0.2) is 27.8 Å². The molecule has 30 heavy (non-hydrogen) atoms. The van der Waals surface area contributed by atoms with Gasteiger partial charge in [-0.25, -0.2) is 4.98 Å². The smallest absolute Gasteiger partial charge is 0.261 e. The summed E-state index contributed by atoms with van der Waals surface area (Å²) < 4.78 is 1.46. The lowest BCUT2D eigenvalue weighted by Crippen LogP contribution is -2.33. The Morgan fingerprint density at radius 3 is 2.47 bits per heavy atom. The van der Waals surface area contributed by atoms with Gasteiger partial charge in [-0.15, -0.1) is 0 Å². The van der Waals surface area contributed by atoms with Gasteiger partial charge >= 0.3 is 0 Å². The van der Waals surface area contributed by atoms with Crippen molar-refractivity contribution in [3.63, 3.8) is 0 Å². The molecule has 0 spiro atoms. The SMILES string of the molecule is Cn1c(SCC(=O)N(CC#N)c2ccccc2)nc2cc3ccccc3cc2c1=O. The third kappa shape index (κ3) is 3.78. The number of hydrogen-bond donors (Lipinski definition) is 0. The van der Waals surface area contributed by atoms with E-state index in [0.717, 1.165) is 10.8 Å². The summed E-state index contributed by atoms with van der Waals surface area (Å²) >= 11 is 1.19. The molecule has 6 nitrogen and oxygen atoms in total. The van der Waals surface area contributed by atoms with Crippen molar-refractivity contribution in [3.05, 3.63) is 77.1 Å². The quantitative estimate of drug-likeness (QED) is 0.215. The molecule has 7 heteroatoms. The van der Waals surface area contributed by atoms with Gasteiger partial charge in [0.1, 0.15) is 6.54 Å². The summed E-state index contributed by atoms with van der Waals surface area (Å²) in [6, 6.07) is 22.6. The van der Waals surface area contributed by atoms with Gasteiger partial charge in [0, 0.05) is 12.7 Å². The zero-order valence-corrected chi connectivity index (χ0v) is 17.1. The highest BCUT2D eigenvalue weighted by Gasteiger charge is 2.17. The molecule has 0 N–H and O–H groups in total. The van der Waals surface area contributed by atoms with Gasteiger partial charge in [-0.3, -0.25) is 19.1 Å². The lowest BCUT2D eigenvalue weighted by atomic mass is 10.1. The highest BCUT2D eigenvalue weighted by Crippen LogP contribution is 2.23. The monoisotopic (exact) mass is 414 g/mol. The van der Waals surface area contributed by atoms with E-state index in [1.165, 1.54) is 21.2 Å². The average Bonchev–Trinajstić information content (AvgIpc) is 2.78. The Morgan fingerprint density at radius 1 is 1.10 bits per heavy atom. The maximum absolute atomic E-state index is 12.9. The van der Waals surface area contributed by atoms with Crippen LogP contribution in [0.1, 0.15) is 0 Å². The van der Waals surface area contributed by atoms with Crippen molar-refractivity contribution >= 4 is 45.0 Å². The van der Waals surface area contributed by atoms with Crippen molar-refractivity contribution in [2.24, 2.45) is 7.05 Å². The molecule has 0 aliphatic carbocycles. The first-order chi connectivity index (χ1) is 14.6. The Bertz CT molecular complexity index is 1340. The van der Waals surface area contributed by atoms with Crippen LogP contribution in [0.2, 0.25) is 0 Å². The largest absolute Gasteiger partial charge is 0.298 e. The average molecular weight is 414 g/mol. The molecule has 0 aliphatic rings. The van der Waals surface area contributed by atoms with Crippen LogP contribution in [0.3, 0.4) is 0 Å². The zero-order chi connectivity index (χ0) is 21.1. The summed E-state index contributed by atoms with van der Waals surface area (Å²) in [6.07, 6.45) is 0. The molecule has 1 aromatic heterocycles. The minimum atomic E-state index is -0.222. The van der Waals surface area contributed by atoms with Crippen LogP contribution in [0.5, 0.6) is 0 Å². The predicted octanol–water partition coefficient (Wildman–Crippen LogP) is 3.74. The van der Waals surface area contributed by atoms with E-state index in [-0.39, 0.29) is 23.8 Å². The molecule has 4 rings (SSSR count). The van der Waals surface area contributed by atoms with Gasteiger partial charge in [-0.1, -0.05) is 54.2 Å². The second kappa shape index (κ2) is 8.39. The van der Waals surface area contributed by atoms with Crippen LogP contribution >= 0.6 is 11.8 Å². The molecule has 1 heterocycles. The number of anilines is 1. The summed E-state index contributed by atoms with van der Waals surface area (Å²) in [5.41, 5.74) is 1.11. The molecule has 0 bridgehead atoms. The number of benzene rings is 3. The third-order valence-electron chi connectivity index (χ3n) is 4.82. The second-order valence-corrected chi connectivity index (χ2v) is 7.68. The first-order valence-electron chi connectivity index (χ1n) is 9.33. The molecule has 0 atom stereocenters. The number of amides is 1. The Kier molecular flexibility index (Phi) is 5.50. The lowest BCUT2D eigenvalue weighted by Gasteiger charge is -2.19. The number of rotatable bonds is 5. The number of nitrogens with zero attached hydrogens (tertiary/aromatic N) is 4. The van der Waals surface area contributed by atoms with Crippen LogP contribution in [-0.2, 0) is 11.8 Å². The molecule has 3 aromatic carbocycles. The van der Waals surface area contributed by atoms with Crippen molar-refractivity contribution in [1.29, 1.82) is 5.26 Å². The summed E-state index contributed by atoms with van der Waals surface area (Å²) in [7, 11) is 1.65. The van der Waals surface area contributed by atoms with Gasteiger partial charge in [0.2, 0.25) is 5.91 Å². The predicted molar refractivity (Wildman–Crippen MR) is 120 cm³/mol. The van der Waals surface area contributed by atoms with Crippen LogP contribution in [0.4, 0.5) is 5.69 Å². The number of carbonyl (C=O) groups is 1. The minimum Gasteiger partial charge on any atom is -0.298 e. The van der Waals surface area contributed by atoms with Crippen LogP contribution in [0.25, 0.3) is 21.7 Å². The molecular formula is C23H18N4O2S. The number of nitriles is 1. The van der Waals surface area contributed by atoms with Crippen molar-refractivity contribution in [1.82, 2.24) is 9.55 Å². The summed E-state index contributed by atoms with van der Waals surface area (Å²) in [6.45, 7) is -0.0422. The Labute approximate surface area is 177 Å². The lowest BCUT2D eigenvalue weighted by molar-refractivity contribution is -0.116. The summed E-state index contributed by atoms with van der Waals surface area (Å²) in [5.74, 6) is -0.156. The number of fused-ring (bicyclic) bond motifs is 2. The van der Waals surface area contributed by atoms with Gasteiger partial charge in [0.15, 0.2) is 5.16 Å².